The van der Waals surface area contributed by atoms with Crippen molar-refractivity contribution in [2.75, 3.05) is 0 Å². The van der Waals surface area contributed by atoms with Crippen LogP contribution in [0.25, 0.3) is 0 Å². The van der Waals surface area contributed by atoms with Crippen molar-refractivity contribution in [2.45, 2.75) is 20.8 Å². The summed E-state index contributed by atoms with van der Waals surface area (Å²) in [5.74, 6) is 0.168. The third-order valence-electron chi connectivity index (χ3n) is 1.58. The van der Waals surface area contributed by atoms with Crippen LogP contribution in [0.3, 0.4) is 0 Å². The zero-order valence-corrected chi connectivity index (χ0v) is 11.6. The maximum absolute atomic E-state index is 11.9. The fraction of sp³-hybridized carbons (Fsp3) is 0.444. The molecule has 0 saturated carbocycles. The monoisotopic (exact) mass is 324 g/mol. The van der Waals surface area contributed by atoms with E-state index in [0.717, 1.165) is 13.1 Å². The van der Waals surface area contributed by atoms with Crippen LogP contribution >= 0.6 is 43.2 Å². The van der Waals surface area contributed by atoms with Crippen LogP contribution in [-0.4, -0.2) is 5.78 Å². The first-order chi connectivity index (χ1) is 5.82. The minimum absolute atomic E-state index is 0.168. The summed E-state index contributed by atoms with van der Waals surface area (Å²) >= 11 is 8.26. The van der Waals surface area contributed by atoms with E-state index >= 15 is 0 Å². The molecule has 4 heteroatoms. The number of thiophene rings is 1. The minimum Gasteiger partial charge on any atom is -0.294 e. The van der Waals surface area contributed by atoms with Gasteiger partial charge in [0.2, 0.25) is 0 Å². The number of hydrogen-bond donors (Lipinski definition) is 0. The van der Waals surface area contributed by atoms with Crippen LogP contribution < -0.4 is 0 Å². The van der Waals surface area contributed by atoms with E-state index in [-0.39, 0.29) is 11.2 Å². The Bertz CT molecular complexity index is 336. The van der Waals surface area contributed by atoms with Gasteiger partial charge < -0.3 is 0 Å². The molecular weight excluding hydrogens is 316 g/mol. The molecule has 1 aromatic rings. The molecule has 1 nitrogen and oxygen atoms in total. The molecule has 0 aliphatic rings. The third kappa shape index (κ3) is 2.64. The van der Waals surface area contributed by atoms with E-state index in [4.69, 9.17) is 0 Å². The number of carbonyl (C=O) groups excluding carboxylic acids is 1. The topological polar surface area (TPSA) is 17.1 Å². The summed E-state index contributed by atoms with van der Waals surface area (Å²) in [6, 6.07) is 1.86. The molecular formula is C9H10Br2OS. The largest absolute Gasteiger partial charge is 0.294 e. The van der Waals surface area contributed by atoms with Gasteiger partial charge in [0, 0.05) is 11.0 Å². The normalized spacial score (nSPS) is 11.8. The molecule has 0 amide bonds. The molecule has 0 aliphatic carbocycles. The van der Waals surface area contributed by atoms with Crippen molar-refractivity contribution in [3.05, 3.63) is 19.2 Å². The number of Topliss-reactive ketones (excluding diaryl/α,β-unsaturated/α-hetero) is 1. The van der Waals surface area contributed by atoms with E-state index in [2.05, 4.69) is 31.9 Å². The number of ketones is 1. The summed E-state index contributed by atoms with van der Waals surface area (Å²) in [5, 5.41) is 0. The first-order valence-electron chi connectivity index (χ1n) is 3.82. The highest BCUT2D eigenvalue weighted by molar-refractivity contribution is 9.12. The lowest BCUT2D eigenvalue weighted by atomic mass is 9.88. The van der Waals surface area contributed by atoms with Gasteiger partial charge in [-0.05, 0) is 37.9 Å². The van der Waals surface area contributed by atoms with E-state index in [1.807, 2.05) is 26.8 Å². The molecule has 0 fully saturated rings. The van der Waals surface area contributed by atoms with E-state index < -0.39 is 0 Å². The van der Waals surface area contributed by atoms with E-state index in [0.29, 0.717) is 0 Å². The lowest BCUT2D eigenvalue weighted by Gasteiger charge is -2.15. The SMILES string of the molecule is CC(C)(C)C(=O)c1cc(Br)sc1Br. The Morgan fingerprint density at radius 1 is 1.38 bits per heavy atom. The van der Waals surface area contributed by atoms with Crippen molar-refractivity contribution in [2.24, 2.45) is 5.41 Å². The first kappa shape index (κ1) is 11.4. The van der Waals surface area contributed by atoms with Gasteiger partial charge in [-0.2, -0.15) is 0 Å². The average molecular weight is 326 g/mol. The third-order valence-corrected chi connectivity index (χ3v) is 3.92. The molecule has 0 aliphatic heterocycles. The van der Waals surface area contributed by atoms with Gasteiger partial charge in [-0.25, -0.2) is 0 Å². The number of rotatable bonds is 1. The second-order valence-electron chi connectivity index (χ2n) is 3.82. The highest BCUT2D eigenvalue weighted by Gasteiger charge is 2.25. The molecule has 72 valence electrons. The Morgan fingerprint density at radius 3 is 2.23 bits per heavy atom. The van der Waals surface area contributed by atoms with Crippen molar-refractivity contribution in [1.82, 2.24) is 0 Å². The fourth-order valence-corrected chi connectivity index (χ4v) is 3.69. The fourth-order valence-electron chi connectivity index (χ4n) is 0.899. The smallest absolute Gasteiger partial charge is 0.170 e. The second-order valence-corrected chi connectivity index (χ2v) is 7.57. The zero-order chi connectivity index (χ0) is 10.2. The van der Waals surface area contributed by atoms with Crippen LogP contribution in [0.2, 0.25) is 0 Å². The summed E-state index contributed by atoms with van der Waals surface area (Å²) in [6.07, 6.45) is 0. The molecule has 13 heavy (non-hydrogen) atoms. The maximum atomic E-state index is 11.9. The molecule has 1 rings (SSSR count). The van der Waals surface area contributed by atoms with Gasteiger partial charge in [0.15, 0.2) is 5.78 Å². The van der Waals surface area contributed by atoms with Crippen molar-refractivity contribution in [3.63, 3.8) is 0 Å². The summed E-state index contributed by atoms with van der Waals surface area (Å²) in [7, 11) is 0. The summed E-state index contributed by atoms with van der Waals surface area (Å²) in [4.78, 5) is 11.9. The number of hydrogen-bond acceptors (Lipinski definition) is 2. The van der Waals surface area contributed by atoms with Gasteiger partial charge in [-0.1, -0.05) is 20.8 Å². The Morgan fingerprint density at radius 2 is 1.92 bits per heavy atom. The molecule has 0 radical (unpaired) electrons. The Hall–Kier alpha value is 0.330. The Labute approximate surface area is 98.8 Å². The van der Waals surface area contributed by atoms with Crippen molar-refractivity contribution in [1.29, 1.82) is 0 Å². The lowest BCUT2D eigenvalue weighted by Crippen LogP contribution is -2.19. The van der Waals surface area contributed by atoms with Crippen LogP contribution in [0.4, 0.5) is 0 Å². The predicted octanol–water partition coefficient (Wildman–Crippen LogP) is 4.50. The standard InChI is InChI=1S/C9H10Br2OS/c1-9(2,3)7(12)5-4-6(10)13-8(5)11/h4H,1-3H3. The van der Waals surface area contributed by atoms with E-state index in [9.17, 15) is 4.79 Å². The minimum atomic E-state index is -0.316. The molecule has 1 aromatic heterocycles. The second kappa shape index (κ2) is 3.83. The van der Waals surface area contributed by atoms with Crippen molar-refractivity contribution in [3.8, 4) is 0 Å². The van der Waals surface area contributed by atoms with E-state index in [1.165, 1.54) is 11.3 Å². The zero-order valence-electron chi connectivity index (χ0n) is 7.65. The molecule has 0 spiro atoms. The highest BCUT2D eigenvalue weighted by atomic mass is 79.9. The van der Waals surface area contributed by atoms with Crippen LogP contribution in [0.15, 0.2) is 13.6 Å². The van der Waals surface area contributed by atoms with Crippen LogP contribution in [0.1, 0.15) is 31.1 Å². The van der Waals surface area contributed by atoms with Crippen LogP contribution in [0.5, 0.6) is 0 Å². The first-order valence-corrected chi connectivity index (χ1v) is 6.22. The molecule has 0 N–H and O–H groups in total. The highest BCUT2D eigenvalue weighted by Crippen LogP contribution is 2.35. The summed E-state index contributed by atoms with van der Waals surface area (Å²) in [5.41, 5.74) is 0.452. The Kier molecular flexibility index (Phi) is 3.36. The molecule has 0 bridgehead atoms. The van der Waals surface area contributed by atoms with Gasteiger partial charge >= 0.3 is 0 Å². The number of halogens is 2. The maximum Gasteiger partial charge on any atom is 0.170 e. The van der Waals surface area contributed by atoms with Gasteiger partial charge in [-0.15, -0.1) is 11.3 Å². The molecule has 0 aromatic carbocycles. The average Bonchev–Trinajstić information content (AvgIpc) is 2.26. The van der Waals surface area contributed by atoms with Gasteiger partial charge in [0.1, 0.15) is 0 Å². The summed E-state index contributed by atoms with van der Waals surface area (Å²) < 4.78 is 1.88. The van der Waals surface area contributed by atoms with Crippen molar-refractivity contribution < 1.29 is 4.79 Å². The molecule has 0 unspecified atom stereocenters. The van der Waals surface area contributed by atoms with E-state index in [1.54, 1.807) is 0 Å². The van der Waals surface area contributed by atoms with Gasteiger partial charge in [0.25, 0.3) is 0 Å². The van der Waals surface area contributed by atoms with Gasteiger partial charge in [0.05, 0.1) is 7.57 Å². The summed E-state index contributed by atoms with van der Waals surface area (Å²) in [6.45, 7) is 5.77. The predicted molar refractivity (Wildman–Crippen MR) is 63.5 cm³/mol. The Balaban J connectivity index is 3.09. The number of carbonyl (C=O) groups is 1. The van der Waals surface area contributed by atoms with Crippen LogP contribution in [-0.2, 0) is 0 Å². The lowest BCUT2D eigenvalue weighted by molar-refractivity contribution is 0.0858. The van der Waals surface area contributed by atoms with Gasteiger partial charge in [-0.3, -0.25) is 4.79 Å². The molecule has 0 saturated heterocycles. The molecule has 0 atom stereocenters. The molecule has 1 heterocycles. The van der Waals surface area contributed by atoms with Crippen molar-refractivity contribution >= 4 is 49.0 Å². The van der Waals surface area contributed by atoms with Crippen LogP contribution in [0, 0.1) is 5.41 Å². The quantitative estimate of drug-likeness (QED) is 0.695.